The van der Waals surface area contributed by atoms with Gasteiger partial charge in [-0.05, 0) is 18.1 Å². The molecule has 0 saturated heterocycles. The van der Waals surface area contributed by atoms with Gasteiger partial charge in [0.2, 0.25) is 0 Å². The minimum atomic E-state index is -0.966. The van der Waals surface area contributed by atoms with Crippen LogP contribution in [-0.2, 0) is 14.9 Å². The SMILES string of the molecule is C=C(CC(C#N)(c1ccccc1)c1ccccc1)C(=O)OCC. The molecule has 0 heterocycles. The molecule has 0 aliphatic heterocycles. The summed E-state index contributed by atoms with van der Waals surface area (Å²) in [4.78, 5) is 12.0. The number of rotatable bonds is 6. The number of ether oxygens (including phenoxy) is 1. The zero-order chi connectivity index (χ0) is 16.7. The van der Waals surface area contributed by atoms with Crippen LogP contribution in [0.1, 0.15) is 24.5 Å². The minimum Gasteiger partial charge on any atom is -0.463 e. The lowest BCUT2D eigenvalue weighted by molar-refractivity contribution is -0.138. The Labute approximate surface area is 136 Å². The van der Waals surface area contributed by atoms with Crippen LogP contribution in [0.5, 0.6) is 0 Å². The molecular weight excluding hydrogens is 286 g/mol. The number of hydrogen-bond donors (Lipinski definition) is 0. The summed E-state index contributed by atoms with van der Waals surface area (Å²) in [6.45, 7) is 5.86. The smallest absolute Gasteiger partial charge is 0.333 e. The third-order valence-corrected chi connectivity index (χ3v) is 3.77. The fraction of sp³-hybridized carbons (Fsp3) is 0.200. The van der Waals surface area contributed by atoms with E-state index in [0.29, 0.717) is 5.57 Å². The van der Waals surface area contributed by atoms with E-state index in [1.54, 1.807) is 6.92 Å². The van der Waals surface area contributed by atoms with Crippen molar-refractivity contribution in [1.29, 1.82) is 5.26 Å². The standard InChI is InChI=1S/C20H19NO2/c1-3-23-19(22)16(2)14-20(15-21,17-10-6-4-7-11-17)18-12-8-5-9-13-18/h4-13H,2-3,14H2,1H3. The van der Waals surface area contributed by atoms with Gasteiger partial charge < -0.3 is 4.74 Å². The predicted octanol–water partition coefficient (Wildman–Crippen LogP) is 4.01. The molecule has 0 aliphatic carbocycles. The lowest BCUT2D eigenvalue weighted by Crippen LogP contribution is -2.28. The highest BCUT2D eigenvalue weighted by atomic mass is 16.5. The number of benzene rings is 2. The highest BCUT2D eigenvalue weighted by Crippen LogP contribution is 2.37. The summed E-state index contributed by atoms with van der Waals surface area (Å²) in [5.41, 5.74) is 0.992. The van der Waals surface area contributed by atoms with E-state index in [9.17, 15) is 10.1 Å². The van der Waals surface area contributed by atoms with Crippen molar-refractivity contribution < 1.29 is 9.53 Å². The van der Waals surface area contributed by atoms with Crippen LogP contribution in [0.3, 0.4) is 0 Å². The molecule has 23 heavy (non-hydrogen) atoms. The maximum Gasteiger partial charge on any atom is 0.333 e. The third kappa shape index (κ3) is 3.49. The highest BCUT2D eigenvalue weighted by Gasteiger charge is 2.36. The summed E-state index contributed by atoms with van der Waals surface area (Å²) >= 11 is 0. The molecule has 3 nitrogen and oxygen atoms in total. The summed E-state index contributed by atoms with van der Waals surface area (Å²) in [5, 5.41) is 10.0. The Morgan fingerprint density at radius 3 is 1.96 bits per heavy atom. The molecule has 0 N–H and O–H groups in total. The largest absolute Gasteiger partial charge is 0.463 e. The molecule has 0 aromatic heterocycles. The number of hydrogen-bond acceptors (Lipinski definition) is 3. The van der Waals surface area contributed by atoms with Crippen molar-refractivity contribution in [3.63, 3.8) is 0 Å². The summed E-state index contributed by atoms with van der Waals surface area (Å²) in [5.74, 6) is -0.459. The Balaban J connectivity index is 2.50. The summed E-state index contributed by atoms with van der Waals surface area (Å²) in [7, 11) is 0. The Kier molecular flexibility index (Phi) is 5.32. The van der Waals surface area contributed by atoms with Gasteiger partial charge in [0.05, 0.1) is 12.7 Å². The molecule has 2 aromatic carbocycles. The van der Waals surface area contributed by atoms with E-state index in [2.05, 4.69) is 12.6 Å². The molecule has 0 spiro atoms. The van der Waals surface area contributed by atoms with Crippen molar-refractivity contribution in [2.45, 2.75) is 18.8 Å². The average Bonchev–Trinajstić information content (AvgIpc) is 2.61. The van der Waals surface area contributed by atoms with E-state index < -0.39 is 11.4 Å². The van der Waals surface area contributed by atoms with Crippen LogP contribution in [0.15, 0.2) is 72.8 Å². The van der Waals surface area contributed by atoms with Gasteiger partial charge in [0.15, 0.2) is 0 Å². The normalized spacial score (nSPS) is 10.6. The molecule has 2 rings (SSSR count). The number of nitriles is 1. The Hall–Kier alpha value is -2.86. The molecule has 0 bridgehead atoms. The van der Waals surface area contributed by atoms with Gasteiger partial charge in [0, 0.05) is 12.0 Å². The van der Waals surface area contributed by atoms with Gasteiger partial charge in [-0.1, -0.05) is 67.2 Å². The predicted molar refractivity (Wildman–Crippen MR) is 89.7 cm³/mol. The molecule has 0 unspecified atom stereocenters. The van der Waals surface area contributed by atoms with Crippen molar-refractivity contribution in [2.75, 3.05) is 6.61 Å². The quantitative estimate of drug-likeness (QED) is 0.598. The Morgan fingerprint density at radius 1 is 1.09 bits per heavy atom. The fourth-order valence-electron chi connectivity index (χ4n) is 2.61. The Morgan fingerprint density at radius 2 is 1.57 bits per heavy atom. The minimum absolute atomic E-state index is 0.191. The second-order valence-electron chi connectivity index (χ2n) is 5.25. The van der Waals surface area contributed by atoms with E-state index in [1.165, 1.54) is 0 Å². The summed E-state index contributed by atoms with van der Waals surface area (Å²) in [6.07, 6.45) is 0.191. The molecule has 0 atom stereocenters. The molecule has 0 aliphatic rings. The third-order valence-electron chi connectivity index (χ3n) is 3.77. The number of carbonyl (C=O) groups is 1. The maximum atomic E-state index is 12.0. The van der Waals surface area contributed by atoms with Crippen molar-refractivity contribution in [1.82, 2.24) is 0 Å². The zero-order valence-electron chi connectivity index (χ0n) is 13.2. The van der Waals surface area contributed by atoms with Crippen molar-refractivity contribution in [2.24, 2.45) is 0 Å². The van der Waals surface area contributed by atoms with Gasteiger partial charge in [-0.3, -0.25) is 0 Å². The second kappa shape index (κ2) is 7.42. The van der Waals surface area contributed by atoms with Gasteiger partial charge in [-0.15, -0.1) is 0 Å². The zero-order valence-corrected chi connectivity index (χ0v) is 13.2. The fourth-order valence-corrected chi connectivity index (χ4v) is 2.61. The first-order chi connectivity index (χ1) is 11.1. The van der Waals surface area contributed by atoms with Gasteiger partial charge in [0.1, 0.15) is 5.41 Å². The number of nitrogens with zero attached hydrogens (tertiary/aromatic N) is 1. The van der Waals surface area contributed by atoms with Gasteiger partial charge in [0.25, 0.3) is 0 Å². The molecular formula is C20H19NO2. The molecule has 0 fully saturated rings. The van der Waals surface area contributed by atoms with E-state index in [-0.39, 0.29) is 13.0 Å². The topological polar surface area (TPSA) is 50.1 Å². The van der Waals surface area contributed by atoms with Gasteiger partial charge in [-0.2, -0.15) is 5.26 Å². The van der Waals surface area contributed by atoms with E-state index in [0.717, 1.165) is 11.1 Å². The van der Waals surface area contributed by atoms with E-state index >= 15 is 0 Å². The van der Waals surface area contributed by atoms with Crippen LogP contribution in [0.25, 0.3) is 0 Å². The second-order valence-corrected chi connectivity index (χ2v) is 5.25. The number of carbonyl (C=O) groups excluding carboxylic acids is 1. The van der Waals surface area contributed by atoms with Crippen LogP contribution in [0.4, 0.5) is 0 Å². The Bertz CT molecular complexity index is 675. The van der Waals surface area contributed by atoms with Crippen LogP contribution in [-0.4, -0.2) is 12.6 Å². The molecule has 3 heteroatoms. The highest BCUT2D eigenvalue weighted by molar-refractivity contribution is 5.88. The number of esters is 1. The van der Waals surface area contributed by atoms with E-state index in [1.807, 2.05) is 60.7 Å². The van der Waals surface area contributed by atoms with Crippen molar-refractivity contribution in [3.05, 3.63) is 83.9 Å². The van der Waals surface area contributed by atoms with E-state index in [4.69, 9.17) is 4.74 Å². The summed E-state index contributed by atoms with van der Waals surface area (Å²) < 4.78 is 5.02. The molecule has 0 amide bonds. The summed E-state index contributed by atoms with van der Waals surface area (Å²) in [6, 6.07) is 21.3. The van der Waals surface area contributed by atoms with Crippen LogP contribution >= 0.6 is 0 Å². The molecule has 0 radical (unpaired) electrons. The van der Waals surface area contributed by atoms with Crippen molar-refractivity contribution >= 4 is 5.97 Å². The van der Waals surface area contributed by atoms with Crippen LogP contribution < -0.4 is 0 Å². The first-order valence-corrected chi connectivity index (χ1v) is 7.51. The molecule has 0 saturated carbocycles. The monoisotopic (exact) mass is 305 g/mol. The van der Waals surface area contributed by atoms with Gasteiger partial charge >= 0.3 is 5.97 Å². The van der Waals surface area contributed by atoms with Crippen molar-refractivity contribution in [3.8, 4) is 6.07 Å². The first-order valence-electron chi connectivity index (χ1n) is 7.51. The first kappa shape index (κ1) is 16.5. The maximum absolute atomic E-state index is 12.0. The van der Waals surface area contributed by atoms with Crippen LogP contribution in [0.2, 0.25) is 0 Å². The lowest BCUT2D eigenvalue weighted by atomic mass is 9.71. The molecule has 2 aromatic rings. The average molecular weight is 305 g/mol. The lowest BCUT2D eigenvalue weighted by Gasteiger charge is -2.28. The molecule has 116 valence electrons. The van der Waals surface area contributed by atoms with Gasteiger partial charge in [-0.25, -0.2) is 4.79 Å². The van der Waals surface area contributed by atoms with Crippen LogP contribution in [0, 0.1) is 11.3 Å².